The van der Waals surface area contributed by atoms with Crippen LogP contribution < -0.4 is 0 Å². The van der Waals surface area contributed by atoms with Gasteiger partial charge < -0.3 is 4.74 Å². The molecule has 2 bridgehead atoms. The minimum absolute atomic E-state index is 0.535. The second-order valence-electron chi connectivity index (χ2n) is 4.41. The molecule has 0 radical (unpaired) electrons. The van der Waals surface area contributed by atoms with Crippen LogP contribution in [0.3, 0.4) is 0 Å². The topological polar surface area (TPSA) is 12.5 Å². The van der Waals surface area contributed by atoms with Gasteiger partial charge in [-0.2, -0.15) is 0 Å². The van der Waals surface area contributed by atoms with Crippen molar-refractivity contribution < 1.29 is 4.74 Å². The standard InChI is InChI=1S/C10H19NO/c1-8(2)9-3-4-11-5-6-12-10(9)7-11/h8-10H,3-7H2,1-2H3. The summed E-state index contributed by atoms with van der Waals surface area (Å²) < 4.78 is 5.78. The molecule has 0 aromatic heterocycles. The van der Waals surface area contributed by atoms with Gasteiger partial charge >= 0.3 is 0 Å². The molecule has 0 aromatic carbocycles. The Labute approximate surface area is 74.9 Å². The van der Waals surface area contributed by atoms with Crippen molar-refractivity contribution in [2.45, 2.75) is 26.4 Å². The molecule has 2 saturated heterocycles. The van der Waals surface area contributed by atoms with Crippen LogP contribution in [-0.2, 0) is 4.74 Å². The SMILES string of the molecule is CC(C)C1CCN2CCOC1C2. The van der Waals surface area contributed by atoms with E-state index in [4.69, 9.17) is 4.74 Å². The Morgan fingerprint density at radius 1 is 1.33 bits per heavy atom. The summed E-state index contributed by atoms with van der Waals surface area (Å²) in [5.41, 5.74) is 0. The average molecular weight is 169 g/mol. The second-order valence-corrected chi connectivity index (χ2v) is 4.41. The highest BCUT2D eigenvalue weighted by Crippen LogP contribution is 2.29. The normalized spacial score (nSPS) is 41.8. The smallest absolute Gasteiger partial charge is 0.0733 e. The maximum absolute atomic E-state index is 5.78. The largest absolute Gasteiger partial charge is 0.375 e. The van der Waals surface area contributed by atoms with Gasteiger partial charge in [-0.1, -0.05) is 13.8 Å². The van der Waals surface area contributed by atoms with E-state index in [0.717, 1.165) is 25.0 Å². The molecule has 2 rings (SSSR count). The lowest BCUT2D eigenvalue weighted by molar-refractivity contribution is -0.0964. The first-order valence-electron chi connectivity index (χ1n) is 5.11. The van der Waals surface area contributed by atoms with Gasteiger partial charge in [0.2, 0.25) is 0 Å². The highest BCUT2D eigenvalue weighted by molar-refractivity contribution is 4.85. The quantitative estimate of drug-likeness (QED) is 0.587. The lowest BCUT2D eigenvalue weighted by atomic mass is 9.84. The zero-order chi connectivity index (χ0) is 8.55. The molecule has 12 heavy (non-hydrogen) atoms. The molecule has 3 atom stereocenters. The van der Waals surface area contributed by atoms with Crippen LogP contribution in [0.5, 0.6) is 0 Å². The summed E-state index contributed by atoms with van der Waals surface area (Å²) in [5, 5.41) is 0. The zero-order valence-corrected chi connectivity index (χ0v) is 8.12. The van der Waals surface area contributed by atoms with Gasteiger partial charge in [-0.05, 0) is 24.8 Å². The van der Waals surface area contributed by atoms with Gasteiger partial charge in [-0.15, -0.1) is 0 Å². The molecule has 2 fully saturated rings. The molecule has 2 aliphatic rings. The summed E-state index contributed by atoms with van der Waals surface area (Å²) in [5.74, 6) is 1.59. The second kappa shape index (κ2) is 3.35. The molecule has 2 heterocycles. The Balaban J connectivity index is 1.99. The minimum atomic E-state index is 0.535. The number of morpholine rings is 1. The number of hydrogen-bond acceptors (Lipinski definition) is 2. The van der Waals surface area contributed by atoms with Crippen LogP contribution in [0.1, 0.15) is 20.3 Å². The van der Waals surface area contributed by atoms with Crippen LogP contribution in [0.15, 0.2) is 0 Å². The molecule has 2 aliphatic heterocycles. The van der Waals surface area contributed by atoms with Crippen molar-refractivity contribution in [1.29, 1.82) is 0 Å². The molecule has 0 saturated carbocycles. The van der Waals surface area contributed by atoms with Gasteiger partial charge in [-0.25, -0.2) is 0 Å². The molecule has 2 nitrogen and oxygen atoms in total. The Hall–Kier alpha value is -0.0800. The summed E-state index contributed by atoms with van der Waals surface area (Å²) in [6, 6.07) is 0. The van der Waals surface area contributed by atoms with Crippen molar-refractivity contribution in [3.05, 3.63) is 0 Å². The van der Waals surface area contributed by atoms with E-state index in [-0.39, 0.29) is 0 Å². The average Bonchev–Trinajstić information content (AvgIpc) is 2.04. The van der Waals surface area contributed by atoms with Crippen LogP contribution >= 0.6 is 0 Å². The number of rotatable bonds is 1. The third-order valence-electron chi connectivity index (χ3n) is 3.29. The Morgan fingerprint density at radius 3 is 2.92 bits per heavy atom. The lowest BCUT2D eigenvalue weighted by Crippen LogP contribution is -2.52. The number of nitrogens with zero attached hydrogens (tertiary/aromatic N) is 1. The van der Waals surface area contributed by atoms with E-state index in [1.807, 2.05) is 0 Å². The fraction of sp³-hybridized carbons (Fsp3) is 1.00. The van der Waals surface area contributed by atoms with Crippen molar-refractivity contribution in [3.8, 4) is 0 Å². The van der Waals surface area contributed by atoms with Gasteiger partial charge in [0.1, 0.15) is 0 Å². The predicted molar refractivity (Wildman–Crippen MR) is 49.1 cm³/mol. The van der Waals surface area contributed by atoms with Gasteiger partial charge in [0.25, 0.3) is 0 Å². The Kier molecular flexibility index (Phi) is 2.37. The van der Waals surface area contributed by atoms with E-state index in [1.54, 1.807) is 0 Å². The minimum Gasteiger partial charge on any atom is -0.375 e. The molecule has 3 unspecified atom stereocenters. The molecule has 0 amide bonds. The van der Waals surface area contributed by atoms with E-state index >= 15 is 0 Å². The Bertz CT molecular complexity index is 158. The van der Waals surface area contributed by atoms with E-state index in [0.29, 0.717) is 6.10 Å². The number of piperidine rings is 1. The van der Waals surface area contributed by atoms with Crippen molar-refractivity contribution in [3.63, 3.8) is 0 Å². The molecule has 70 valence electrons. The van der Waals surface area contributed by atoms with Crippen LogP contribution in [0.2, 0.25) is 0 Å². The van der Waals surface area contributed by atoms with E-state index < -0.39 is 0 Å². The first-order valence-corrected chi connectivity index (χ1v) is 5.11. The number of ether oxygens (including phenoxy) is 1. The van der Waals surface area contributed by atoms with Crippen molar-refractivity contribution >= 4 is 0 Å². The maximum atomic E-state index is 5.78. The summed E-state index contributed by atoms with van der Waals surface area (Å²) in [6.07, 6.45) is 1.87. The highest BCUT2D eigenvalue weighted by atomic mass is 16.5. The van der Waals surface area contributed by atoms with Gasteiger partial charge in [0, 0.05) is 13.1 Å². The first-order chi connectivity index (χ1) is 5.77. The zero-order valence-electron chi connectivity index (χ0n) is 8.12. The van der Waals surface area contributed by atoms with Crippen LogP contribution in [0.4, 0.5) is 0 Å². The summed E-state index contributed by atoms with van der Waals surface area (Å²) in [7, 11) is 0. The summed E-state index contributed by atoms with van der Waals surface area (Å²) >= 11 is 0. The van der Waals surface area contributed by atoms with Crippen LogP contribution in [-0.4, -0.2) is 37.2 Å². The van der Waals surface area contributed by atoms with Crippen molar-refractivity contribution in [1.82, 2.24) is 4.90 Å². The van der Waals surface area contributed by atoms with Crippen molar-refractivity contribution in [2.75, 3.05) is 26.2 Å². The van der Waals surface area contributed by atoms with E-state index in [2.05, 4.69) is 18.7 Å². The molecule has 0 aromatic rings. The molecular weight excluding hydrogens is 150 g/mol. The molecule has 0 spiro atoms. The van der Waals surface area contributed by atoms with E-state index in [9.17, 15) is 0 Å². The van der Waals surface area contributed by atoms with Gasteiger partial charge in [-0.3, -0.25) is 4.90 Å². The molecule has 0 aliphatic carbocycles. The summed E-state index contributed by atoms with van der Waals surface area (Å²) in [6.45, 7) is 9.22. The number of fused-ring (bicyclic) bond motifs is 2. The molecular formula is C10H19NO. The van der Waals surface area contributed by atoms with Crippen molar-refractivity contribution in [2.24, 2.45) is 11.8 Å². The Morgan fingerprint density at radius 2 is 2.17 bits per heavy atom. The van der Waals surface area contributed by atoms with Gasteiger partial charge in [0.05, 0.1) is 12.7 Å². The van der Waals surface area contributed by atoms with Gasteiger partial charge in [0.15, 0.2) is 0 Å². The lowest BCUT2D eigenvalue weighted by Gasteiger charge is -2.43. The summed E-state index contributed by atoms with van der Waals surface area (Å²) in [4.78, 5) is 2.53. The third-order valence-corrected chi connectivity index (χ3v) is 3.29. The monoisotopic (exact) mass is 169 g/mol. The molecule has 0 N–H and O–H groups in total. The third kappa shape index (κ3) is 1.50. The maximum Gasteiger partial charge on any atom is 0.0733 e. The van der Waals surface area contributed by atoms with Crippen LogP contribution in [0, 0.1) is 11.8 Å². The fourth-order valence-electron chi connectivity index (χ4n) is 2.47. The van der Waals surface area contributed by atoms with Crippen LogP contribution in [0.25, 0.3) is 0 Å². The van der Waals surface area contributed by atoms with E-state index in [1.165, 1.54) is 19.5 Å². The first kappa shape index (κ1) is 8.52. The molecule has 2 heteroatoms. The number of hydrogen-bond donors (Lipinski definition) is 0. The fourth-order valence-corrected chi connectivity index (χ4v) is 2.47. The predicted octanol–water partition coefficient (Wildman–Crippen LogP) is 1.36. The highest BCUT2D eigenvalue weighted by Gasteiger charge is 2.34.